The summed E-state index contributed by atoms with van der Waals surface area (Å²) in [5, 5.41) is 9.32. The SMILES string of the molecule is Cc1cccc(-c2[c]ccc(O)c2)c1. The first-order valence-corrected chi connectivity index (χ1v) is 4.53. The zero-order chi connectivity index (χ0) is 9.97. The first-order valence-electron chi connectivity index (χ1n) is 4.53. The predicted molar refractivity (Wildman–Crippen MR) is 57.1 cm³/mol. The van der Waals surface area contributed by atoms with Gasteiger partial charge in [0.05, 0.1) is 0 Å². The molecule has 0 aliphatic rings. The lowest BCUT2D eigenvalue weighted by atomic mass is 10.0. The lowest BCUT2D eigenvalue weighted by Crippen LogP contribution is -1.79. The zero-order valence-corrected chi connectivity index (χ0v) is 7.99. The van der Waals surface area contributed by atoms with E-state index in [1.807, 2.05) is 25.1 Å². The van der Waals surface area contributed by atoms with E-state index >= 15 is 0 Å². The van der Waals surface area contributed by atoms with Gasteiger partial charge in [-0.05, 0) is 36.2 Å². The highest BCUT2D eigenvalue weighted by Gasteiger charge is 1.98. The van der Waals surface area contributed by atoms with Crippen LogP contribution < -0.4 is 0 Å². The second-order valence-electron chi connectivity index (χ2n) is 3.33. The third-order valence-electron chi connectivity index (χ3n) is 2.11. The Kier molecular flexibility index (Phi) is 2.23. The maximum Gasteiger partial charge on any atom is 0.116 e. The molecule has 2 aromatic carbocycles. The Morgan fingerprint density at radius 2 is 2.00 bits per heavy atom. The fourth-order valence-corrected chi connectivity index (χ4v) is 1.43. The maximum absolute atomic E-state index is 9.32. The first-order chi connectivity index (χ1) is 6.75. The van der Waals surface area contributed by atoms with Gasteiger partial charge in [-0.2, -0.15) is 0 Å². The number of hydrogen-bond donors (Lipinski definition) is 1. The van der Waals surface area contributed by atoms with Crippen molar-refractivity contribution >= 4 is 0 Å². The molecular weight excluding hydrogens is 172 g/mol. The maximum atomic E-state index is 9.32. The summed E-state index contributed by atoms with van der Waals surface area (Å²) >= 11 is 0. The monoisotopic (exact) mass is 183 g/mol. The van der Waals surface area contributed by atoms with Gasteiger partial charge in [-0.3, -0.25) is 0 Å². The fourth-order valence-electron chi connectivity index (χ4n) is 1.43. The molecule has 0 atom stereocenters. The molecule has 14 heavy (non-hydrogen) atoms. The molecule has 1 N–H and O–H groups in total. The van der Waals surface area contributed by atoms with Gasteiger partial charge in [-0.25, -0.2) is 0 Å². The molecule has 0 aliphatic carbocycles. The molecule has 0 amide bonds. The van der Waals surface area contributed by atoms with Crippen LogP contribution in [0.2, 0.25) is 0 Å². The van der Waals surface area contributed by atoms with Crippen molar-refractivity contribution in [1.82, 2.24) is 0 Å². The number of hydrogen-bond acceptors (Lipinski definition) is 1. The number of aryl methyl sites for hydroxylation is 1. The van der Waals surface area contributed by atoms with Gasteiger partial charge in [0.25, 0.3) is 0 Å². The summed E-state index contributed by atoms with van der Waals surface area (Å²) < 4.78 is 0. The van der Waals surface area contributed by atoms with Crippen molar-refractivity contribution in [3.8, 4) is 16.9 Å². The largest absolute Gasteiger partial charge is 0.508 e. The van der Waals surface area contributed by atoms with Crippen LogP contribution >= 0.6 is 0 Å². The molecule has 69 valence electrons. The topological polar surface area (TPSA) is 20.2 Å². The molecule has 0 spiro atoms. The lowest BCUT2D eigenvalue weighted by molar-refractivity contribution is 0.475. The van der Waals surface area contributed by atoms with Crippen molar-refractivity contribution in [3.05, 3.63) is 54.1 Å². The van der Waals surface area contributed by atoms with Crippen LogP contribution in [-0.4, -0.2) is 5.11 Å². The normalized spacial score (nSPS) is 10.1. The summed E-state index contributed by atoms with van der Waals surface area (Å²) in [6.07, 6.45) is 0. The molecule has 0 unspecified atom stereocenters. The average Bonchev–Trinajstić information content (AvgIpc) is 2.18. The third-order valence-corrected chi connectivity index (χ3v) is 2.11. The van der Waals surface area contributed by atoms with E-state index in [2.05, 4.69) is 12.1 Å². The van der Waals surface area contributed by atoms with Crippen molar-refractivity contribution in [2.24, 2.45) is 0 Å². The Morgan fingerprint density at radius 1 is 1.14 bits per heavy atom. The highest BCUT2D eigenvalue weighted by molar-refractivity contribution is 5.64. The summed E-state index contributed by atoms with van der Waals surface area (Å²) in [7, 11) is 0. The Hall–Kier alpha value is -1.76. The van der Waals surface area contributed by atoms with Crippen molar-refractivity contribution in [2.75, 3.05) is 0 Å². The van der Waals surface area contributed by atoms with Gasteiger partial charge in [0.2, 0.25) is 0 Å². The summed E-state index contributed by atoms with van der Waals surface area (Å²) in [5.74, 6) is 0.278. The van der Waals surface area contributed by atoms with Crippen LogP contribution in [0.15, 0.2) is 42.5 Å². The van der Waals surface area contributed by atoms with Crippen LogP contribution in [0, 0.1) is 13.0 Å². The molecular formula is C13H11O. The van der Waals surface area contributed by atoms with E-state index in [4.69, 9.17) is 0 Å². The molecule has 0 aromatic heterocycles. The number of rotatable bonds is 1. The van der Waals surface area contributed by atoms with Gasteiger partial charge in [0, 0.05) is 0 Å². The Labute approximate surface area is 83.6 Å². The summed E-state index contributed by atoms with van der Waals surface area (Å²) in [6.45, 7) is 2.05. The van der Waals surface area contributed by atoms with E-state index < -0.39 is 0 Å². The van der Waals surface area contributed by atoms with Gasteiger partial charge < -0.3 is 5.11 Å². The van der Waals surface area contributed by atoms with Gasteiger partial charge in [-0.15, -0.1) is 0 Å². The van der Waals surface area contributed by atoms with Crippen LogP contribution in [0.25, 0.3) is 11.1 Å². The minimum absolute atomic E-state index is 0.278. The smallest absolute Gasteiger partial charge is 0.116 e. The van der Waals surface area contributed by atoms with Gasteiger partial charge >= 0.3 is 0 Å². The molecule has 2 aromatic rings. The Bertz CT molecular complexity index is 403. The second-order valence-corrected chi connectivity index (χ2v) is 3.33. The number of benzene rings is 2. The third kappa shape index (κ3) is 1.77. The minimum Gasteiger partial charge on any atom is -0.508 e. The zero-order valence-electron chi connectivity index (χ0n) is 7.99. The van der Waals surface area contributed by atoms with Crippen LogP contribution in [0.5, 0.6) is 5.75 Å². The van der Waals surface area contributed by atoms with E-state index in [9.17, 15) is 5.11 Å². The summed E-state index contributed by atoms with van der Waals surface area (Å²) in [6, 6.07) is 16.3. The molecule has 0 saturated heterocycles. The molecule has 0 fully saturated rings. The summed E-state index contributed by atoms with van der Waals surface area (Å²) in [4.78, 5) is 0. The number of phenolic OH excluding ortho intramolecular Hbond substituents is 1. The average molecular weight is 183 g/mol. The number of phenols is 1. The van der Waals surface area contributed by atoms with Gasteiger partial charge in [0.15, 0.2) is 0 Å². The first kappa shape index (κ1) is 8.82. The molecule has 1 nitrogen and oxygen atoms in total. The Morgan fingerprint density at radius 3 is 2.71 bits per heavy atom. The Balaban J connectivity index is 2.49. The van der Waals surface area contributed by atoms with E-state index in [0.29, 0.717) is 0 Å². The molecule has 0 saturated carbocycles. The van der Waals surface area contributed by atoms with Crippen LogP contribution in [0.1, 0.15) is 5.56 Å². The van der Waals surface area contributed by atoms with Crippen molar-refractivity contribution in [2.45, 2.75) is 6.92 Å². The van der Waals surface area contributed by atoms with E-state index in [1.165, 1.54) is 5.56 Å². The van der Waals surface area contributed by atoms with Crippen molar-refractivity contribution in [1.29, 1.82) is 0 Å². The predicted octanol–water partition coefficient (Wildman–Crippen LogP) is 3.17. The molecule has 1 heteroatoms. The summed E-state index contributed by atoms with van der Waals surface area (Å²) in [5.41, 5.74) is 3.22. The number of aromatic hydroxyl groups is 1. The van der Waals surface area contributed by atoms with Crippen LogP contribution in [0.3, 0.4) is 0 Å². The lowest BCUT2D eigenvalue weighted by Gasteiger charge is -2.02. The quantitative estimate of drug-likeness (QED) is 0.720. The second kappa shape index (κ2) is 3.54. The van der Waals surface area contributed by atoms with Crippen molar-refractivity contribution in [3.63, 3.8) is 0 Å². The molecule has 0 heterocycles. The van der Waals surface area contributed by atoms with Gasteiger partial charge in [-0.1, -0.05) is 35.9 Å². The standard InChI is InChI=1S/C13H11O/c1-10-4-2-5-11(8-10)12-6-3-7-13(14)9-12/h2-5,7-9,14H,1H3. The highest BCUT2D eigenvalue weighted by atomic mass is 16.3. The molecule has 2 rings (SSSR count). The molecule has 0 bridgehead atoms. The van der Waals surface area contributed by atoms with Gasteiger partial charge in [0.1, 0.15) is 5.75 Å². The van der Waals surface area contributed by atoms with E-state index in [1.54, 1.807) is 18.2 Å². The van der Waals surface area contributed by atoms with Crippen LogP contribution in [0.4, 0.5) is 0 Å². The molecule has 1 radical (unpaired) electrons. The molecule has 0 aliphatic heterocycles. The fraction of sp³-hybridized carbons (Fsp3) is 0.0769. The highest BCUT2D eigenvalue weighted by Crippen LogP contribution is 2.22. The minimum atomic E-state index is 0.278. The van der Waals surface area contributed by atoms with Crippen molar-refractivity contribution < 1.29 is 5.11 Å². The van der Waals surface area contributed by atoms with Crippen LogP contribution in [-0.2, 0) is 0 Å². The van der Waals surface area contributed by atoms with E-state index in [-0.39, 0.29) is 5.75 Å². The van der Waals surface area contributed by atoms with E-state index in [0.717, 1.165) is 11.1 Å².